The fourth-order valence-electron chi connectivity index (χ4n) is 1.65. The topological polar surface area (TPSA) is 54.4 Å². The second-order valence-corrected chi connectivity index (χ2v) is 4.30. The molecule has 0 bridgehead atoms. The van der Waals surface area contributed by atoms with E-state index in [0.29, 0.717) is 25.0 Å². The van der Waals surface area contributed by atoms with Crippen molar-refractivity contribution in [3.05, 3.63) is 0 Å². The zero-order chi connectivity index (χ0) is 12.2. The van der Waals surface area contributed by atoms with Crippen molar-refractivity contribution >= 4 is 11.8 Å². The van der Waals surface area contributed by atoms with E-state index in [2.05, 4.69) is 6.92 Å². The Morgan fingerprint density at radius 1 is 0.812 bits per heavy atom. The summed E-state index contributed by atoms with van der Waals surface area (Å²) in [5.74, 6) is -0.405. The van der Waals surface area contributed by atoms with E-state index >= 15 is 0 Å². The number of aliphatic carboxylic acids is 1. The molecule has 1 N–H and O–H groups in total. The van der Waals surface area contributed by atoms with Crippen LogP contribution in [0.15, 0.2) is 0 Å². The van der Waals surface area contributed by atoms with E-state index in [9.17, 15) is 9.59 Å². The lowest BCUT2D eigenvalue weighted by Gasteiger charge is -2.00. The van der Waals surface area contributed by atoms with E-state index in [4.69, 9.17) is 5.11 Å². The minimum atomic E-state index is -0.745. The van der Waals surface area contributed by atoms with E-state index in [1.165, 1.54) is 12.8 Å². The maximum absolute atomic E-state index is 11.4. The third-order valence-corrected chi connectivity index (χ3v) is 2.66. The summed E-state index contributed by atoms with van der Waals surface area (Å²) in [4.78, 5) is 21.6. The van der Waals surface area contributed by atoms with E-state index in [1.807, 2.05) is 0 Å². The summed E-state index contributed by atoms with van der Waals surface area (Å²) in [6.07, 6.45) is 8.54. The van der Waals surface area contributed by atoms with Crippen LogP contribution in [0.4, 0.5) is 0 Å². The molecule has 0 aliphatic carbocycles. The average molecular weight is 228 g/mol. The molecule has 0 aromatic carbocycles. The van der Waals surface area contributed by atoms with Crippen LogP contribution in [0.2, 0.25) is 0 Å². The van der Waals surface area contributed by atoms with Crippen molar-refractivity contribution in [1.29, 1.82) is 0 Å². The minimum Gasteiger partial charge on any atom is -0.481 e. The molecule has 0 unspecified atom stereocenters. The molecular weight excluding hydrogens is 204 g/mol. The van der Waals surface area contributed by atoms with Crippen molar-refractivity contribution in [3.63, 3.8) is 0 Å². The summed E-state index contributed by atoms with van der Waals surface area (Å²) < 4.78 is 0. The van der Waals surface area contributed by atoms with E-state index < -0.39 is 5.97 Å². The average Bonchev–Trinajstić information content (AvgIpc) is 2.23. The Balaban J connectivity index is 3.20. The highest BCUT2D eigenvalue weighted by Crippen LogP contribution is 2.08. The van der Waals surface area contributed by atoms with Crippen molar-refractivity contribution in [1.82, 2.24) is 0 Å². The molecule has 0 rings (SSSR count). The van der Waals surface area contributed by atoms with Crippen LogP contribution in [0, 0.1) is 0 Å². The second kappa shape index (κ2) is 10.7. The number of carbonyl (C=O) groups is 2. The Labute approximate surface area is 98.2 Å². The molecule has 0 aliphatic rings. The standard InChI is InChI=1S/C13H24O3/c1-2-3-4-6-9-12(14)10-7-5-8-11-13(15)16/h2-11H2,1H3,(H,15,16). The van der Waals surface area contributed by atoms with Crippen LogP contribution in [-0.4, -0.2) is 16.9 Å². The zero-order valence-corrected chi connectivity index (χ0v) is 10.3. The fourth-order valence-corrected chi connectivity index (χ4v) is 1.65. The molecule has 0 saturated carbocycles. The van der Waals surface area contributed by atoms with Crippen molar-refractivity contribution in [2.75, 3.05) is 0 Å². The lowest BCUT2D eigenvalue weighted by Crippen LogP contribution is -1.98. The highest BCUT2D eigenvalue weighted by atomic mass is 16.4. The van der Waals surface area contributed by atoms with Gasteiger partial charge in [0.1, 0.15) is 5.78 Å². The second-order valence-electron chi connectivity index (χ2n) is 4.30. The van der Waals surface area contributed by atoms with Crippen LogP contribution in [-0.2, 0) is 9.59 Å². The fraction of sp³-hybridized carbons (Fsp3) is 0.846. The van der Waals surface area contributed by atoms with E-state index in [0.717, 1.165) is 25.7 Å². The Kier molecular flexibility index (Phi) is 10.1. The largest absolute Gasteiger partial charge is 0.481 e. The number of ketones is 1. The molecular formula is C13H24O3. The maximum atomic E-state index is 11.4. The number of rotatable bonds is 11. The van der Waals surface area contributed by atoms with Crippen molar-refractivity contribution in [2.45, 2.75) is 71.1 Å². The summed E-state index contributed by atoms with van der Waals surface area (Å²) in [5.41, 5.74) is 0. The number of hydrogen-bond donors (Lipinski definition) is 1. The van der Waals surface area contributed by atoms with Crippen molar-refractivity contribution in [2.24, 2.45) is 0 Å². The minimum absolute atomic E-state index is 0.227. The highest BCUT2D eigenvalue weighted by Gasteiger charge is 2.02. The number of carboxylic acids is 1. The highest BCUT2D eigenvalue weighted by molar-refractivity contribution is 5.78. The van der Waals surface area contributed by atoms with Gasteiger partial charge in [0.15, 0.2) is 0 Å². The third kappa shape index (κ3) is 11.2. The first-order valence-corrected chi connectivity index (χ1v) is 6.40. The predicted molar refractivity (Wildman–Crippen MR) is 64.5 cm³/mol. The van der Waals surface area contributed by atoms with Gasteiger partial charge in [0.05, 0.1) is 0 Å². The molecule has 0 aromatic heterocycles. The quantitative estimate of drug-likeness (QED) is 0.550. The first-order chi connectivity index (χ1) is 7.66. The summed E-state index contributed by atoms with van der Waals surface area (Å²) in [5, 5.41) is 8.42. The summed E-state index contributed by atoms with van der Waals surface area (Å²) in [6.45, 7) is 2.16. The molecule has 0 aliphatic heterocycles. The molecule has 3 nitrogen and oxygen atoms in total. The van der Waals surface area contributed by atoms with Crippen molar-refractivity contribution in [3.8, 4) is 0 Å². The molecule has 0 amide bonds. The molecule has 3 heteroatoms. The first kappa shape index (κ1) is 15.1. The van der Waals surface area contributed by atoms with E-state index in [1.54, 1.807) is 0 Å². The first-order valence-electron chi connectivity index (χ1n) is 6.40. The number of carbonyl (C=O) groups excluding carboxylic acids is 1. The van der Waals surface area contributed by atoms with Crippen LogP contribution in [0.25, 0.3) is 0 Å². The van der Waals surface area contributed by atoms with Gasteiger partial charge in [-0.3, -0.25) is 9.59 Å². The number of carboxylic acid groups (broad SMARTS) is 1. The summed E-state index contributed by atoms with van der Waals surface area (Å²) in [7, 11) is 0. The molecule has 0 spiro atoms. The van der Waals surface area contributed by atoms with Gasteiger partial charge in [0.2, 0.25) is 0 Å². The van der Waals surface area contributed by atoms with Gasteiger partial charge in [0.25, 0.3) is 0 Å². The Bertz CT molecular complexity index is 199. The van der Waals surface area contributed by atoms with E-state index in [-0.39, 0.29) is 6.42 Å². The number of Topliss-reactive ketones (excluding diaryl/α,β-unsaturated/α-hetero) is 1. The van der Waals surface area contributed by atoms with Crippen LogP contribution in [0.3, 0.4) is 0 Å². The molecule has 16 heavy (non-hydrogen) atoms. The van der Waals surface area contributed by atoms with Gasteiger partial charge in [-0.05, 0) is 19.3 Å². The van der Waals surface area contributed by atoms with Crippen LogP contribution < -0.4 is 0 Å². The lowest BCUT2D eigenvalue weighted by atomic mass is 10.0. The Morgan fingerprint density at radius 2 is 1.31 bits per heavy atom. The van der Waals surface area contributed by atoms with Crippen LogP contribution in [0.1, 0.15) is 71.1 Å². The predicted octanol–water partition coefficient (Wildman–Crippen LogP) is 3.56. The zero-order valence-electron chi connectivity index (χ0n) is 10.3. The number of unbranched alkanes of at least 4 members (excludes halogenated alkanes) is 5. The Morgan fingerprint density at radius 3 is 1.81 bits per heavy atom. The maximum Gasteiger partial charge on any atom is 0.303 e. The summed E-state index contributed by atoms with van der Waals surface area (Å²) >= 11 is 0. The molecule has 0 radical (unpaired) electrons. The normalized spacial score (nSPS) is 10.3. The number of hydrogen-bond acceptors (Lipinski definition) is 2. The van der Waals surface area contributed by atoms with Gasteiger partial charge in [0, 0.05) is 19.3 Å². The van der Waals surface area contributed by atoms with Gasteiger partial charge in [-0.25, -0.2) is 0 Å². The van der Waals surface area contributed by atoms with Crippen LogP contribution in [0.5, 0.6) is 0 Å². The summed E-state index contributed by atoms with van der Waals surface area (Å²) in [6, 6.07) is 0. The molecule has 0 fully saturated rings. The SMILES string of the molecule is CCCCCCC(=O)CCCCCC(=O)O. The molecule has 0 saturated heterocycles. The van der Waals surface area contributed by atoms with Gasteiger partial charge in [-0.15, -0.1) is 0 Å². The van der Waals surface area contributed by atoms with Gasteiger partial charge in [-0.1, -0.05) is 32.6 Å². The van der Waals surface area contributed by atoms with Gasteiger partial charge < -0.3 is 5.11 Å². The lowest BCUT2D eigenvalue weighted by molar-refractivity contribution is -0.137. The van der Waals surface area contributed by atoms with Crippen LogP contribution >= 0.6 is 0 Å². The molecule has 94 valence electrons. The molecule has 0 atom stereocenters. The van der Waals surface area contributed by atoms with Crippen molar-refractivity contribution < 1.29 is 14.7 Å². The monoisotopic (exact) mass is 228 g/mol. The van der Waals surface area contributed by atoms with Gasteiger partial charge in [-0.2, -0.15) is 0 Å². The third-order valence-electron chi connectivity index (χ3n) is 2.66. The Hall–Kier alpha value is -0.860. The smallest absolute Gasteiger partial charge is 0.303 e. The molecule has 0 aromatic rings. The van der Waals surface area contributed by atoms with Gasteiger partial charge >= 0.3 is 5.97 Å². The molecule has 0 heterocycles.